The van der Waals surface area contributed by atoms with Crippen LogP contribution in [0.25, 0.3) is 21.8 Å². The highest BCUT2D eigenvalue weighted by Crippen LogP contribution is 2.44. The first kappa shape index (κ1) is 36.6. The maximum Gasteiger partial charge on any atom is 0.393 e. The molecule has 14 heteroatoms. The molecule has 3 aliphatic heterocycles. The first-order valence-electron chi connectivity index (χ1n) is 18.2. The van der Waals surface area contributed by atoms with Gasteiger partial charge in [-0.15, -0.1) is 0 Å². The molecule has 0 radical (unpaired) electrons. The Hall–Kier alpha value is -3.77. The third kappa shape index (κ3) is 7.12. The van der Waals surface area contributed by atoms with Crippen molar-refractivity contribution in [2.45, 2.75) is 78.3 Å². The van der Waals surface area contributed by atoms with Crippen molar-refractivity contribution >= 4 is 37.6 Å². The molecule has 52 heavy (non-hydrogen) atoms. The van der Waals surface area contributed by atoms with E-state index in [9.17, 15) is 26.9 Å². The Balaban J connectivity index is 0.982. The normalized spacial score (nSPS) is 21.1. The van der Waals surface area contributed by atoms with E-state index in [0.29, 0.717) is 48.6 Å². The molecule has 4 aromatic rings. The minimum Gasteiger partial charge on any atom is -0.355 e. The van der Waals surface area contributed by atoms with Crippen molar-refractivity contribution in [1.82, 2.24) is 28.6 Å². The minimum atomic E-state index is -4.27. The molecular weight excluding hydrogens is 690 g/mol. The number of fused-ring (bicyclic) bond motifs is 2. The van der Waals surface area contributed by atoms with Gasteiger partial charge in [-0.1, -0.05) is 12.1 Å². The number of piperazine rings is 1. The van der Waals surface area contributed by atoms with E-state index in [1.807, 2.05) is 13.0 Å². The lowest BCUT2D eigenvalue weighted by Crippen LogP contribution is -2.60. The van der Waals surface area contributed by atoms with Crippen LogP contribution in [0.2, 0.25) is 0 Å². The summed E-state index contributed by atoms with van der Waals surface area (Å²) in [6.45, 7) is 14.8. The quantitative estimate of drug-likeness (QED) is 0.215. The molecule has 2 atom stereocenters. The van der Waals surface area contributed by atoms with E-state index < -0.39 is 22.6 Å². The van der Waals surface area contributed by atoms with Crippen LogP contribution in [-0.4, -0.2) is 107 Å². The summed E-state index contributed by atoms with van der Waals surface area (Å²) in [6, 6.07) is 13.5. The highest BCUT2D eigenvalue weighted by atomic mass is 32.2. The van der Waals surface area contributed by atoms with Gasteiger partial charge >= 0.3 is 6.18 Å². The van der Waals surface area contributed by atoms with Crippen molar-refractivity contribution in [3.05, 3.63) is 65.1 Å². The number of anilines is 1. The monoisotopic (exact) mass is 736 g/mol. The standard InChI is InChI=1S/C38H47F3N8O2S/c1-5-52(50,51)49-15-14-46(20-27(49)3)26(2)21-48-31(19-42)17-32-28(4)30(7-9-35(32)48)22-45-12-10-37(11-13-45)23-47(24-37)36-33-16-29(18-38(39,40)41)6-8-34(33)43-25-44-36/h6-9,16-17,25-27H,5,10-15,18,20-24H2,1-4H3/t26-,27-/m0/s1. The highest BCUT2D eigenvalue weighted by Gasteiger charge is 2.46. The minimum absolute atomic E-state index is 0.0995. The summed E-state index contributed by atoms with van der Waals surface area (Å²) in [5.74, 6) is 0.820. The molecule has 2 aromatic carbocycles. The number of hydrogen-bond donors (Lipinski definition) is 0. The number of nitrogens with zero attached hydrogens (tertiary/aromatic N) is 8. The molecule has 1 spiro atoms. The van der Waals surface area contributed by atoms with Crippen LogP contribution in [0.5, 0.6) is 0 Å². The molecule has 0 aliphatic carbocycles. The van der Waals surface area contributed by atoms with Gasteiger partial charge in [-0.05, 0) is 94.6 Å². The van der Waals surface area contributed by atoms with E-state index in [0.717, 1.165) is 56.5 Å². The van der Waals surface area contributed by atoms with Crippen molar-refractivity contribution in [3.63, 3.8) is 0 Å². The molecule has 3 saturated heterocycles. The molecule has 0 N–H and O–H groups in total. The molecule has 3 aliphatic rings. The van der Waals surface area contributed by atoms with Crippen LogP contribution < -0.4 is 4.90 Å². The van der Waals surface area contributed by atoms with Crippen LogP contribution in [0.15, 0.2) is 42.7 Å². The molecule has 2 aromatic heterocycles. The van der Waals surface area contributed by atoms with E-state index in [-0.39, 0.29) is 28.8 Å². The fourth-order valence-electron chi connectivity index (χ4n) is 8.65. The average Bonchev–Trinajstić information content (AvgIpc) is 3.45. The Bertz CT molecular complexity index is 2110. The largest absolute Gasteiger partial charge is 0.393 e. The summed E-state index contributed by atoms with van der Waals surface area (Å²) in [6.07, 6.45) is -1.67. The molecule has 278 valence electrons. The zero-order valence-corrected chi connectivity index (χ0v) is 31.1. The Morgan fingerprint density at radius 1 is 1.04 bits per heavy atom. The number of alkyl halides is 3. The maximum atomic E-state index is 13.1. The van der Waals surface area contributed by atoms with Gasteiger partial charge in [0.05, 0.1) is 17.7 Å². The smallest absolute Gasteiger partial charge is 0.355 e. The van der Waals surface area contributed by atoms with Crippen molar-refractivity contribution in [2.75, 3.05) is 56.5 Å². The van der Waals surface area contributed by atoms with Gasteiger partial charge in [0.25, 0.3) is 0 Å². The van der Waals surface area contributed by atoms with Crippen molar-refractivity contribution in [2.24, 2.45) is 5.41 Å². The number of aryl methyl sites for hydroxylation is 1. The van der Waals surface area contributed by atoms with Gasteiger partial charge in [0.15, 0.2) is 0 Å². The summed E-state index contributed by atoms with van der Waals surface area (Å²) in [5, 5.41) is 11.9. The Morgan fingerprint density at radius 3 is 2.46 bits per heavy atom. The van der Waals surface area contributed by atoms with Crippen LogP contribution in [0, 0.1) is 23.7 Å². The number of hydrogen-bond acceptors (Lipinski definition) is 8. The topological polar surface area (TPSA) is 102 Å². The number of rotatable bonds is 9. The van der Waals surface area contributed by atoms with Crippen molar-refractivity contribution < 1.29 is 21.6 Å². The Kier molecular flexibility index (Phi) is 9.78. The summed E-state index contributed by atoms with van der Waals surface area (Å²) >= 11 is 0. The van der Waals surface area contributed by atoms with E-state index in [4.69, 9.17) is 0 Å². The van der Waals surface area contributed by atoms with E-state index in [1.165, 1.54) is 23.5 Å². The fraction of sp³-hybridized carbons (Fsp3) is 0.553. The van der Waals surface area contributed by atoms with Gasteiger partial charge in [0.2, 0.25) is 10.0 Å². The van der Waals surface area contributed by atoms with Crippen LogP contribution in [0.1, 0.15) is 56.0 Å². The first-order valence-corrected chi connectivity index (χ1v) is 19.8. The third-order valence-corrected chi connectivity index (χ3v) is 13.7. The number of piperidine rings is 1. The van der Waals surface area contributed by atoms with E-state index >= 15 is 0 Å². The van der Waals surface area contributed by atoms with Crippen LogP contribution in [0.3, 0.4) is 0 Å². The molecule has 0 amide bonds. The molecular formula is C38H47F3N8O2S. The zero-order chi connectivity index (χ0) is 37.0. The summed E-state index contributed by atoms with van der Waals surface area (Å²) in [5.41, 5.74) is 5.14. The maximum absolute atomic E-state index is 13.1. The van der Waals surface area contributed by atoms with E-state index in [1.54, 1.807) is 23.4 Å². The predicted octanol–water partition coefficient (Wildman–Crippen LogP) is 5.72. The lowest BCUT2D eigenvalue weighted by molar-refractivity contribution is -0.127. The molecule has 0 bridgehead atoms. The number of nitriles is 1. The van der Waals surface area contributed by atoms with Crippen LogP contribution >= 0.6 is 0 Å². The SMILES string of the molecule is CCS(=O)(=O)N1CCN([C@@H](C)Cn2c(C#N)cc3c(C)c(CN4CCC5(CC4)CN(c4ncnc6ccc(CC(F)(F)F)cc46)C5)ccc32)C[C@@H]1C. The average molecular weight is 737 g/mol. The molecule has 10 nitrogen and oxygen atoms in total. The van der Waals surface area contributed by atoms with Gasteiger partial charge < -0.3 is 9.47 Å². The fourth-order valence-corrected chi connectivity index (χ4v) is 9.96. The van der Waals surface area contributed by atoms with Gasteiger partial charge in [0.1, 0.15) is 23.9 Å². The zero-order valence-electron chi connectivity index (χ0n) is 30.3. The number of aromatic nitrogens is 3. The molecule has 0 unspecified atom stereocenters. The molecule has 3 fully saturated rings. The summed E-state index contributed by atoms with van der Waals surface area (Å²) in [4.78, 5) is 15.8. The van der Waals surface area contributed by atoms with Crippen LogP contribution in [0.4, 0.5) is 19.0 Å². The lowest BCUT2D eigenvalue weighted by atomic mass is 9.72. The summed E-state index contributed by atoms with van der Waals surface area (Å²) in [7, 11) is -3.24. The van der Waals surface area contributed by atoms with Crippen LogP contribution in [-0.2, 0) is 29.5 Å². The molecule has 0 saturated carbocycles. The second kappa shape index (κ2) is 13.9. The number of sulfonamides is 1. The predicted molar refractivity (Wildman–Crippen MR) is 197 cm³/mol. The van der Waals surface area contributed by atoms with Crippen molar-refractivity contribution in [3.8, 4) is 6.07 Å². The van der Waals surface area contributed by atoms with Gasteiger partial charge in [0, 0.05) is 79.6 Å². The highest BCUT2D eigenvalue weighted by molar-refractivity contribution is 7.89. The number of benzene rings is 2. The second-order valence-corrected chi connectivity index (χ2v) is 17.4. The first-order chi connectivity index (χ1) is 24.7. The van der Waals surface area contributed by atoms with Crippen molar-refractivity contribution in [1.29, 1.82) is 5.26 Å². The molecule has 7 rings (SSSR count). The molecule has 5 heterocycles. The van der Waals surface area contributed by atoms with Gasteiger partial charge in [-0.3, -0.25) is 9.80 Å². The number of halogens is 3. The van der Waals surface area contributed by atoms with Gasteiger partial charge in [-0.25, -0.2) is 18.4 Å². The van der Waals surface area contributed by atoms with E-state index in [2.05, 4.69) is 61.3 Å². The Labute approximate surface area is 303 Å². The van der Waals surface area contributed by atoms with Gasteiger partial charge in [-0.2, -0.15) is 22.7 Å². The third-order valence-electron chi connectivity index (χ3n) is 11.7. The Morgan fingerprint density at radius 2 is 1.79 bits per heavy atom. The number of likely N-dealkylation sites (tertiary alicyclic amines) is 1. The second-order valence-electron chi connectivity index (χ2n) is 15.2. The lowest BCUT2D eigenvalue weighted by Gasteiger charge is -2.54. The summed E-state index contributed by atoms with van der Waals surface area (Å²) < 4.78 is 68.1.